The summed E-state index contributed by atoms with van der Waals surface area (Å²) in [6.45, 7) is 2.62. The van der Waals surface area contributed by atoms with Gasteiger partial charge in [-0.1, -0.05) is 42.5 Å². The molecule has 2 aromatic carbocycles. The monoisotopic (exact) mass is 599 g/mol. The summed E-state index contributed by atoms with van der Waals surface area (Å²) >= 11 is 0. The van der Waals surface area contributed by atoms with E-state index in [4.69, 9.17) is 19.4 Å². The van der Waals surface area contributed by atoms with Crippen molar-refractivity contribution in [2.24, 2.45) is 5.92 Å². The normalized spacial score (nSPS) is 25.6. The molecule has 3 aromatic rings. The van der Waals surface area contributed by atoms with E-state index >= 15 is 0 Å². The summed E-state index contributed by atoms with van der Waals surface area (Å²) in [4.78, 5) is 52.4. The number of aryl methyl sites for hydroxylation is 1. The molecule has 6 rings (SSSR count). The third-order valence-corrected chi connectivity index (χ3v) is 8.93. The molecule has 11 heteroatoms. The number of carboxylic acid groups (broad SMARTS) is 1. The van der Waals surface area contributed by atoms with Gasteiger partial charge >= 0.3 is 12.0 Å². The number of methoxy groups -OCH3 is 1. The average Bonchev–Trinajstić information content (AvgIpc) is 3.56. The van der Waals surface area contributed by atoms with E-state index in [9.17, 15) is 19.5 Å². The molecule has 2 fully saturated rings. The molecule has 1 aromatic heterocycles. The van der Waals surface area contributed by atoms with E-state index in [0.29, 0.717) is 41.3 Å². The zero-order valence-corrected chi connectivity index (χ0v) is 25.2. The highest BCUT2D eigenvalue weighted by Crippen LogP contribution is 2.45. The van der Waals surface area contributed by atoms with E-state index in [-0.39, 0.29) is 24.9 Å². The van der Waals surface area contributed by atoms with Gasteiger partial charge in [-0.05, 0) is 44.7 Å². The van der Waals surface area contributed by atoms with Crippen LogP contribution in [-0.4, -0.2) is 87.7 Å². The van der Waals surface area contributed by atoms with E-state index < -0.39 is 29.6 Å². The van der Waals surface area contributed by atoms with Crippen molar-refractivity contribution in [1.82, 2.24) is 25.1 Å². The molecule has 3 aliphatic rings. The van der Waals surface area contributed by atoms with E-state index in [1.54, 1.807) is 19.1 Å². The number of carboxylic acids is 1. The smallest absolute Gasteiger partial charge is 0.330 e. The molecule has 0 bridgehead atoms. The van der Waals surface area contributed by atoms with Crippen LogP contribution in [0.1, 0.15) is 37.7 Å². The van der Waals surface area contributed by atoms with Crippen LogP contribution in [0, 0.1) is 12.8 Å². The van der Waals surface area contributed by atoms with Crippen LogP contribution in [0.25, 0.3) is 22.3 Å². The molecule has 1 aliphatic carbocycles. The van der Waals surface area contributed by atoms with Gasteiger partial charge in [0, 0.05) is 37.1 Å². The summed E-state index contributed by atoms with van der Waals surface area (Å²) in [5.74, 6) is -0.344. The van der Waals surface area contributed by atoms with Crippen LogP contribution in [0.15, 0.2) is 54.6 Å². The first kappa shape index (κ1) is 29.4. The highest BCUT2D eigenvalue weighted by Gasteiger charge is 2.61. The number of aromatic nitrogens is 2. The summed E-state index contributed by atoms with van der Waals surface area (Å²) in [5, 5.41) is 13.5. The number of ether oxygens (including phenoxy) is 2. The lowest BCUT2D eigenvalue weighted by Crippen LogP contribution is -2.54. The van der Waals surface area contributed by atoms with Gasteiger partial charge in [0.05, 0.1) is 24.6 Å². The third kappa shape index (κ3) is 5.42. The Morgan fingerprint density at radius 2 is 1.91 bits per heavy atom. The van der Waals surface area contributed by atoms with Gasteiger partial charge < -0.3 is 29.7 Å². The lowest BCUT2D eigenvalue weighted by atomic mass is 10.1. The van der Waals surface area contributed by atoms with Gasteiger partial charge in [0.25, 0.3) is 0 Å². The van der Waals surface area contributed by atoms with Crippen molar-refractivity contribution in [2.45, 2.75) is 56.7 Å². The predicted molar refractivity (Wildman–Crippen MR) is 163 cm³/mol. The first-order chi connectivity index (χ1) is 21.2. The number of fused-ring (bicyclic) bond motifs is 3. The lowest BCUT2D eigenvalue weighted by Gasteiger charge is -2.29. The first-order valence-electron chi connectivity index (χ1n) is 15.0. The highest BCUT2D eigenvalue weighted by molar-refractivity contribution is 5.95. The molecule has 1 unspecified atom stereocenters. The summed E-state index contributed by atoms with van der Waals surface area (Å²) in [5.41, 5.74) is 0.963. The van der Waals surface area contributed by atoms with Crippen LogP contribution >= 0.6 is 0 Å². The van der Waals surface area contributed by atoms with Crippen LogP contribution < -0.4 is 14.8 Å². The molecule has 44 heavy (non-hydrogen) atoms. The number of rotatable bonds is 5. The number of allylic oxidation sites excluding steroid dienone is 1. The standard InChI is InChI=1S/C33H37N5O6/c1-20-26(43-3)15-14-24-27(20)34-28(21-11-7-6-8-12-21)35-30(24)44-23-17-25-29(39)36-33(31(40)41)18-22(33)13-9-4-5-10-16-37(2)32(42)38(25)19-23/h6-9,11-15,22-23,25H,4-5,10,16-19H2,1-3H3,(H,36,39)(H,40,41)/t22-,23-,25+,33?/m1/s1. The fraction of sp³-hybridized carbons (Fsp3) is 0.424. The quantitative estimate of drug-likeness (QED) is 0.417. The second-order valence-corrected chi connectivity index (χ2v) is 11.9. The maximum Gasteiger partial charge on any atom is 0.330 e. The number of hydrogen-bond donors (Lipinski definition) is 2. The van der Waals surface area contributed by atoms with Crippen molar-refractivity contribution in [3.63, 3.8) is 0 Å². The number of carbonyl (C=O) groups is 3. The summed E-state index contributed by atoms with van der Waals surface area (Å²) in [7, 11) is 3.33. The van der Waals surface area contributed by atoms with Crippen molar-refractivity contribution < 1.29 is 29.0 Å². The zero-order chi connectivity index (χ0) is 31.0. The van der Waals surface area contributed by atoms with Crippen molar-refractivity contribution >= 4 is 28.8 Å². The number of hydrogen-bond acceptors (Lipinski definition) is 7. The largest absolute Gasteiger partial charge is 0.496 e. The molecule has 2 aliphatic heterocycles. The molecular weight excluding hydrogens is 562 g/mol. The molecule has 0 radical (unpaired) electrons. The lowest BCUT2D eigenvalue weighted by molar-refractivity contribution is -0.144. The van der Waals surface area contributed by atoms with Crippen molar-refractivity contribution in [1.29, 1.82) is 0 Å². The summed E-state index contributed by atoms with van der Waals surface area (Å²) < 4.78 is 12.1. The second-order valence-electron chi connectivity index (χ2n) is 11.9. The Morgan fingerprint density at radius 1 is 1.11 bits per heavy atom. The molecule has 230 valence electrons. The Labute approximate surface area is 255 Å². The van der Waals surface area contributed by atoms with Crippen LogP contribution in [0.5, 0.6) is 11.6 Å². The molecule has 3 amide bonds. The molecule has 0 spiro atoms. The molecule has 11 nitrogen and oxygen atoms in total. The molecule has 2 N–H and O–H groups in total. The van der Waals surface area contributed by atoms with E-state index in [2.05, 4.69) is 5.32 Å². The fourth-order valence-corrected chi connectivity index (χ4v) is 6.27. The van der Waals surface area contributed by atoms with Gasteiger partial charge in [-0.3, -0.25) is 4.79 Å². The Morgan fingerprint density at radius 3 is 2.66 bits per heavy atom. The third-order valence-electron chi connectivity index (χ3n) is 8.93. The first-order valence-corrected chi connectivity index (χ1v) is 15.0. The van der Waals surface area contributed by atoms with Gasteiger partial charge in [-0.2, -0.15) is 4.98 Å². The van der Waals surface area contributed by atoms with E-state index in [1.165, 1.54) is 4.90 Å². The van der Waals surface area contributed by atoms with Gasteiger partial charge in [0.15, 0.2) is 5.82 Å². The Bertz CT molecular complexity index is 1630. The SMILES string of the molecule is COc1ccc2c(O[C@@H]3C[C@H]4C(=O)NC5(C(=O)O)C[C@H]5C=CCCCCN(C)C(=O)N4C3)nc(-c3ccccc3)nc2c1C. The molecular formula is C33H37N5O6. The number of aliphatic carboxylic acids is 1. The van der Waals surface area contributed by atoms with Crippen molar-refractivity contribution in [3.8, 4) is 23.0 Å². The van der Waals surface area contributed by atoms with Crippen LogP contribution in [0.2, 0.25) is 0 Å². The predicted octanol–water partition coefficient (Wildman–Crippen LogP) is 4.19. The topological polar surface area (TPSA) is 134 Å². The minimum atomic E-state index is -1.36. The Balaban J connectivity index is 1.34. The zero-order valence-electron chi connectivity index (χ0n) is 25.2. The van der Waals surface area contributed by atoms with Gasteiger partial charge in [0.1, 0.15) is 23.4 Å². The number of benzene rings is 2. The molecule has 4 atom stereocenters. The highest BCUT2D eigenvalue weighted by atomic mass is 16.5. The number of amides is 3. The van der Waals surface area contributed by atoms with Crippen LogP contribution in [0.3, 0.4) is 0 Å². The van der Waals surface area contributed by atoms with Crippen molar-refractivity contribution in [3.05, 3.63) is 60.2 Å². The van der Waals surface area contributed by atoms with E-state index in [1.807, 2.05) is 61.5 Å². The fourth-order valence-electron chi connectivity index (χ4n) is 6.27. The average molecular weight is 600 g/mol. The second kappa shape index (κ2) is 11.8. The van der Waals surface area contributed by atoms with Crippen LogP contribution in [0.4, 0.5) is 4.79 Å². The Kier molecular flexibility index (Phi) is 7.87. The minimum Gasteiger partial charge on any atom is -0.496 e. The van der Waals surface area contributed by atoms with Crippen molar-refractivity contribution in [2.75, 3.05) is 27.2 Å². The maximum atomic E-state index is 13.7. The molecule has 1 saturated heterocycles. The summed E-state index contributed by atoms with van der Waals surface area (Å²) in [6, 6.07) is 12.1. The minimum absolute atomic E-state index is 0.145. The van der Waals surface area contributed by atoms with Gasteiger partial charge in [-0.15, -0.1) is 0 Å². The number of urea groups is 1. The summed E-state index contributed by atoms with van der Waals surface area (Å²) in [6.07, 6.45) is 6.27. The Hall–Kier alpha value is -4.67. The van der Waals surface area contributed by atoms with Gasteiger partial charge in [-0.25, -0.2) is 14.6 Å². The molecule has 3 heterocycles. The van der Waals surface area contributed by atoms with Gasteiger partial charge in [0.2, 0.25) is 11.8 Å². The maximum absolute atomic E-state index is 13.7. The number of nitrogens with one attached hydrogen (secondary N) is 1. The van der Waals surface area contributed by atoms with E-state index in [0.717, 1.165) is 30.4 Å². The number of carbonyl (C=O) groups excluding carboxylic acids is 2. The van der Waals surface area contributed by atoms with Crippen LogP contribution in [-0.2, 0) is 9.59 Å². The molecule has 1 saturated carbocycles. The number of nitrogens with zero attached hydrogens (tertiary/aromatic N) is 4.